The van der Waals surface area contributed by atoms with Gasteiger partial charge in [-0.05, 0) is 49.5 Å². The predicted octanol–water partition coefficient (Wildman–Crippen LogP) is 4.64. The van der Waals surface area contributed by atoms with Crippen molar-refractivity contribution in [2.75, 3.05) is 12.3 Å². The summed E-state index contributed by atoms with van der Waals surface area (Å²) in [4.78, 5) is 17.2. The molecule has 0 spiro atoms. The van der Waals surface area contributed by atoms with Crippen molar-refractivity contribution in [2.24, 2.45) is 10.7 Å². The number of hydrogen-bond acceptors (Lipinski definition) is 4. The highest BCUT2D eigenvalue weighted by Crippen LogP contribution is 2.35. The van der Waals surface area contributed by atoms with Crippen LogP contribution in [0.1, 0.15) is 47.3 Å². The Hall–Kier alpha value is -2.67. The lowest BCUT2D eigenvalue weighted by Crippen LogP contribution is -2.29. The maximum atomic E-state index is 14.1. The Labute approximate surface area is 179 Å². The Morgan fingerprint density at radius 3 is 2.80 bits per heavy atom. The van der Waals surface area contributed by atoms with Crippen molar-refractivity contribution < 1.29 is 13.6 Å². The van der Waals surface area contributed by atoms with Gasteiger partial charge in [0.1, 0.15) is 11.6 Å². The number of nitrogens with zero attached hydrogens (tertiary/aromatic N) is 1. The minimum atomic E-state index is -0.797. The highest BCUT2D eigenvalue weighted by Gasteiger charge is 2.29. The summed E-state index contributed by atoms with van der Waals surface area (Å²) in [6, 6.07) is 9.83. The Morgan fingerprint density at radius 1 is 1.33 bits per heavy atom. The van der Waals surface area contributed by atoms with Gasteiger partial charge in [-0.3, -0.25) is 9.79 Å². The first-order valence-electron chi connectivity index (χ1n) is 9.70. The molecule has 2 aromatic carbocycles. The van der Waals surface area contributed by atoms with Gasteiger partial charge in [0.05, 0.1) is 11.1 Å². The summed E-state index contributed by atoms with van der Waals surface area (Å²) in [7, 11) is 0. The molecule has 2 aromatic rings. The summed E-state index contributed by atoms with van der Waals surface area (Å²) in [5.41, 5.74) is 8.02. The third-order valence-corrected chi connectivity index (χ3v) is 5.97. The second-order valence-electron chi connectivity index (χ2n) is 7.62. The molecule has 1 heterocycles. The van der Waals surface area contributed by atoms with E-state index in [1.807, 2.05) is 18.2 Å². The SMILES string of the molecule is C=C(C)c1c(F)cc(F)cc1C(=O)NCCc1cccc(C2(C)CCSC(N)=N2)c1. The standard InChI is InChI=1S/C23H25F2N3OS/c1-14(2)20-18(12-17(24)13-19(20)25)21(29)27-9-7-15-5-4-6-16(11-15)23(3)8-10-30-22(26)28-23/h4-6,11-13H,1,7-10H2,2-3H3,(H2,26,28)(H,27,29). The fourth-order valence-electron chi connectivity index (χ4n) is 3.56. The number of benzene rings is 2. The van der Waals surface area contributed by atoms with Gasteiger partial charge in [-0.15, -0.1) is 0 Å². The lowest BCUT2D eigenvalue weighted by Gasteiger charge is -2.30. The molecule has 1 amide bonds. The van der Waals surface area contributed by atoms with E-state index in [1.165, 1.54) is 0 Å². The number of rotatable bonds is 6. The lowest BCUT2D eigenvalue weighted by atomic mass is 9.88. The quantitative estimate of drug-likeness (QED) is 0.703. The zero-order valence-corrected chi connectivity index (χ0v) is 17.9. The van der Waals surface area contributed by atoms with Gasteiger partial charge in [0, 0.05) is 23.9 Å². The maximum absolute atomic E-state index is 14.1. The molecule has 30 heavy (non-hydrogen) atoms. The van der Waals surface area contributed by atoms with Crippen molar-refractivity contribution in [1.82, 2.24) is 5.32 Å². The van der Waals surface area contributed by atoms with Crippen molar-refractivity contribution in [3.05, 3.63) is 76.9 Å². The first-order chi connectivity index (χ1) is 14.2. The molecule has 0 fully saturated rings. The maximum Gasteiger partial charge on any atom is 0.252 e. The van der Waals surface area contributed by atoms with Crippen LogP contribution in [0, 0.1) is 11.6 Å². The van der Waals surface area contributed by atoms with Crippen molar-refractivity contribution in [3.8, 4) is 0 Å². The zero-order valence-electron chi connectivity index (χ0n) is 17.1. The number of nitrogens with one attached hydrogen (secondary N) is 1. The van der Waals surface area contributed by atoms with Gasteiger partial charge in [0.25, 0.3) is 5.91 Å². The molecule has 3 N–H and O–H groups in total. The van der Waals surface area contributed by atoms with Crippen LogP contribution in [0.3, 0.4) is 0 Å². The molecule has 1 aliphatic heterocycles. The molecule has 4 nitrogen and oxygen atoms in total. The smallest absolute Gasteiger partial charge is 0.252 e. The molecule has 0 saturated heterocycles. The van der Waals surface area contributed by atoms with E-state index in [0.717, 1.165) is 35.4 Å². The Balaban J connectivity index is 1.70. The van der Waals surface area contributed by atoms with Crippen LogP contribution < -0.4 is 11.1 Å². The molecule has 3 rings (SSSR count). The van der Waals surface area contributed by atoms with Crippen LogP contribution in [0.5, 0.6) is 0 Å². The summed E-state index contributed by atoms with van der Waals surface area (Å²) in [5, 5.41) is 3.34. The topological polar surface area (TPSA) is 67.5 Å². The van der Waals surface area contributed by atoms with Crippen LogP contribution in [0.2, 0.25) is 0 Å². The van der Waals surface area contributed by atoms with Crippen LogP contribution in [-0.4, -0.2) is 23.4 Å². The number of thioether (sulfide) groups is 1. The second kappa shape index (κ2) is 9.00. The third-order valence-electron chi connectivity index (χ3n) is 5.17. The first-order valence-corrected chi connectivity index (χ1v) is 10.7. The van der Waals surface area contributed by atoms with Gasteiger partial charge >= 0.3 is 0 Å². The van der Waals surface area contributed by atoms with Gasteiger partial charge in [-0.2, -0.15) is 0 Å². The van der Waals surface area contributed by atoms with Gasteiger partial charge in [-0.1, -0.05) is 42.6 Å². The third kappa shape index (κ3) is 4.90. The van der Waals surface area contributed by atoms with E-state index in [4.69, 9.17) is 5.73 Å². The Morgan fingerprint density at radius 2 is 2.10 bits per heavy atom. The molecule has 7 heteroatoms. The normalized spacial score (nSPS) is 18.6. The number of aliphatic imine (C=N–C) groups is 1. The van der Waals surface area contributed by atoms with Gasteiger partial charge in [-0.25, -0.2) is 8.78 Å². The molecule has 0 saturated carbocycles. The number of carbonyl (C=O) groups is 1. The van der Waals surface area contributed by atoms with Gasteiger partial charge in [0.15, 0.2) is 5.17 Å². The number of allylic oxidation sites excluding steroid dienone is 1. The van der Waals surface area contributed by atoms with Crippen molar-refractivity contribution >= 4 is 28.4 Å². The number of carbonyl (C=O) groups excluding carboxylic acids is 1. The molecule has 0 radical (unpaired) electrons. The first kappa shape index (κ1) is 22.0. The fraction of sp³-hybridized carbons (Fsp3) is 0.304. The number of amidine groups is 1. The number of amides is 1. The number of halogens is 2. The average Bonchev–Trinajstić information content (AvgIpc) is 2.67. The zero-order chi connectivity index (χ0) is 21.9. The van der Waals surface area contributed by atoms with E-state index >= 15 is 0 Å². The Kier molecular flexibility index (Phi) is 6.61. The summed E-state index contributed by atoms with van der Waals surface area (Å²) in [5.74, 6) is -1.20. The fourth-order valence-corrected chi connectivity index (χ4v) is 4.53. The van der Waals surface area contributed by atoms with Crippen LogP contribution >= 0.6 is 11.8 Å². The van der Waals surface area contributed by atoms with E-state index in [0.29, 0.717) is 23.7 Å². The minimum absolute atomic E-state index is 0.0365. The monoisotopic (exact) mass is 429 g/mol. The lowest BCUT2D eigenvalue weighted by molar-refractivity contribution is 0.0953. The predicted molar refractivity (Wildman–Crippen MR) is 120 cm³/mol. The summed E-state index contributed by atoms with van der Waals surface area (Å²) in [6.07, 6.45) is 1.47. The molecule has 0 aliphatic carbocycles. The minimum Gasteiger partial charge on any atom is -0.379 e. The van der Waals surface area contributed by atoms with Gasteiger partial charge in [0.2, 0.25) is 0 Å². The van der Waals surface area contributed by atoms with Crippen LogP contribution in [0.25, 0.3) is 5.57 Å². The average molecular weight is 430 g/mol. The largest absolute Gasteiger partial charge is 0.379 e. The molecule has 0 aromatic heterocycles. The highest BCUT2D eigenvalue weighted by atomic mass is 32.2. The second-order valence-corrected chi connectivity index (χ2v) is 8.73. The number of hydrogen-bond donors (Lipinski definition) is 2. The molecule has 1 atom stereocenters. The van der Waals surface area contributed by atoms with E-state index in [2.05, 4.69) is 29.9 Å². The summed E-state index contributed by atoms with van der Waals surface area (Å²) < 4.78 is 27.7. The molecular formula is C23H25F2N3OS. The van der Waals surface area contributed by atoms with Gasteiger partial charge < -0.3 is 11.1 Å². The van der Waals surface area contributed by atoms with Crippen LogP contribution in [0.15, 0.2) is 48.0 Å². The van der Waals surface area contributed by atoms with Crippen LogP contribution in [-0.2, 0) is 12.0 Å². The van der Waals surface area contributed by atoms with Crippen molar-refractivity contribution in [2.45, 2.75) is 32.2 Å². The molecule has 0 bridgehead atoms. The van der Waals surface area contributed by atoms with Crippen molar-refractivity contribution in [3.63, 3.8) is 0 Å². The van der Waals surface area contributed by atoms with E-state index < -0.39 is 17.5 Å². The Bertz CT molecular complexity index is 1020. The van der Waals surface area contributed by atoms with E-state index in [1.54, 1.807) is 18.7 Å². The molecular weight excluding hydrogens is 404 g/mol. The summed E-state index contributed by atoms with van der Waals surface area (Å²) >= 11 is 1.56. The molecule has 1 unspecified atom stereocenters. The highest BCUT2D eigenvalue weighted by molar-refractivity contribution is 8.13. The van der Waals surface area contributed by atoms with Crippen molar-refractivity contribution in [1.29, 1.82) is 0 Å². The van der Waals surface area contributed by atoms with E-state index in [9.17, 15) is 13.6 Å². The van der Waals surface area contributed by atoms with E-state index in [-0.39, 0.29) is 16.7 Å². The van der Waals surface area contributed by atoms with Crippen LogP contribution in [0.4, 0.5) is 8.78 Å². The number of nitrogens with two attached hydrogens (primary N) is 1. The molecule has 158 valence electrons. The molecule has 1 aliphatic rings. The summed E-state index contributed by atoms with van der Waals surface area (Å²) in [6.45, 7) is 7.67.